The van der Waals surface area contributed by atoms with Crippen LogP contribution in [0.1, 0.15) is 11.8 Å². The van der Waals surface area contributed by atoms with Crippen LogP contribution < -0.4 is 0 Å². The SMILES string of the molecule is O=S(=O)(c1ccc(F)c(Cl)c1)N1CC(c2nc(-c3cnccn3)no2)C1. The highest BCUT2D eigenvalue weighted by atomic mass is 35.5. The molecule has 0 amide bonds. The van der Waals surface area contributed by atoms with Gasteiger partial charge in [0, 0.05) is 25.5 Å². The van der Waals surface area contributed by atoms with Crippen LogP contribution in [0.5, 0.6) is 0 Å². The highest BCUT2D eigenvalue weighted by molar-refractivity contribution is 7.89. The van der Waals surface area contributed by atoms with E-state index in [2.05, 4.69) is 20.1 Å². The molecule has 2 aromatic heterocycles. The Balaban J connectivity index is 1.48. The third-order valence-corrected chi connectivity index (χ3v) is 6.08. The molecule has 4 rings (SSSR count). The normalized spacial score (nSPS) is 15.8. The van der Waals surface area contributed by atoms with Crippen LogP contribution >= 0.6 is 11.6 Å². The maximum absolute atomic E-state index is 13.2. The van der Waals surface area contributed by atoms with Crippen molar-refractivity contribution in [3.63, 3.8) is 0 Å². The van der Waals surface area contributed by atoms with Crippen LogP contribution in [-0.2, 0) is 10.0 Å². The Kier molecular flexibility index (Phi) is 4.17. The molecule has 3 aromatic rings. The summed E-state index contributed by atoms with van der Waals surface area (Å²) >= 11 is 5.67. The molecule has 0 bridgehead atoms. The third-order valence-electron chi connectivity index (χ3n) is 3.96. The minimum atomic E-state index is -3.76. The highest BCUT2D eigenvalue weighted by Crippen LogP contribution is 2.32. The zero-order chi connectivity index (χ0) is 18.3. The topological polar surface area (TPSA) is 102 Å². The first kappa shape index (κ1) is 17.0. The average Bonchev–Trinajstić information content (AvgIpc) is 3.06. The largest absolute Gasteiger partial charge is 0.339 e. The van der Waals surface area contributed by atoms with Gasteiger partial charge >= 0.3 is 0 Å². The highest BCUT2D eigenvalue weighted by Gasteiger charge is 2.40. The Hall–Kier alpha value is -2.43. The predicted molar refractivity (Wildman–Crippen MR) is 88.2 cm³/mol. The van der Waals surface area contributed by atoms with Crippen LogP contribution in [-0.4, -0.2) is 45.9 Å². The Morgan fingerprint density at radius 2 is 2.08 bits per heavy atom. The zero-order valence-electron chi connectivity index (χ0n) is 13.1. The van der Waals surface area contributed by atoms with Crippen molar-refractivity contribution >= 4 is 21.6 Å². The van der Waals surface area contributed by atoms with Crippen molar-refractivity contribution < 1.29 is 17.3 Å². The fraction of sp³-hybridized carbons (Fsp3) is 0.200. The molecule has 0 saturated carbocycles. The molecular weight excluding hydrogens is 385 g/mol. The predicted octanol–water partition coefficient (Wildman–Crippen LogP) is 2.11. The lowest BCUT2D eigenvalue weighted by atomic mass is 10.0. The molecule has 1 aliphatic rings. The Bertz CT molecular complexity index is 1050. The molecule has 134 valence electrons. The van der Waals surface area contributed by atoms with Gasteiger partial charge in [0.1, 0.15) is 11.5 Å². The first-order valence-corrected chi connectivity index (χ1v) is 9.32. The van der Waals surface area contributed by atoms with Crippen molar-refractivity contribution in [2.45, 2.75) is 10.8 Å². The number of aromatic nitrogens is 4. The van der Waals surface area contributed by atoms with Crippen LogP contribution in [0.4, 0.5) is 4.39 Å². The number of hydrogen-bond acceptors (Lipinski definition) is 7. The number of halogens is 2. The van der Waals surface area contributed by atoms with E-state index in [0.29, 0.717) is 17.4 Å². The third kappa shape index (κ3) is 2.96. The summed E-state index contributed by atoms with van der Waals surface area (Å²) in [7, 11) is -3.76. The first-order chi connectivity index (χ1) is 12.4. The van der Waals surface area contributed by atoms with Crippen molar-refractivity contribution in [3.8, 4) is 11.5 Å². The van der Waals surface area contributed by atoms with Crippen LogP contribution in [0.25, 0.3) is 11.5 Å². The molecule has 1 aromatic carbocycles. The number of sulfonamides is 1. The molecule has 0 radical (unpaired) electrons. The molecule has 11 heteroatoms. The second kappa shape index (κ2) is 6.38. The molecule has 0 spiro atoms. The molecule has 0 unspecified atom stereocenters. The fourth-order valence-corrected chi connectivity index (χ4v) is 4.30. The fourth-order valence-electron chi connectivity index (χ4n) is 2.50. The molecule has 26 heavy (non-hydrogen) atoms. The van der Waals surface area contributed by atoms with Gasteiger partial charge in [-0.15, -0.1) is 0 Å². The maximum Gasteiger partial charge on any atom is 0.243 e. The number of hydrogen-bond donors (Lipinski definition) is 0. The van der Waals surface area contributed by atoms with Crippen molar-refractivity contribution in [1.29, 1.82) is 0 Å². The van der Waals surface area contributed by atoms with Gasteiger partial charge in [0.25, 0.3) is 0 Å². The van der Waals surface area contributed by atoms with E-state index in [4.69, 9.17) is 16.1 Å². The van der Waals surface area contributed by atoms with Gasteiger partial charge in [-0.1, -0.05) is 16.8 Å². The van der Waals surface area contributed by atoms with E-state index in [0.717, 1.165) is 12.1 Å². The minimum Gasteiger partial charge on any atom is -0.339 e. The molecule has 1 aliphatic heterocycles. The molecule has 1 fully saturated rings. The molecule has 3 heterocycles. The van der Waals surface area contributed by atoms with E-state index in [-0.39, 0.29) is 28.9 Å². The summed E-state index contributed by atoms with van der Waals surface area (Å²) in [6.45, 7) is 0.360. The molecule has 0 aliphatic carbocycles. The van der Waals surface area contributed by atoms with Gasteiger partial charge in [-0.2, -0.15) is 9.29 Å². The minimum absolute atomic E-state index is 0.0619. The van der Waals surface area contributed by atoms with Gasteiger partial charge in [-0.3, -0.25) is 4.98 Å². The Morgan fingerprint density at radius 1 is 1.27 bits per heavy atom. The number of rotatable bonds is 4. The van der Waals surface area contributed by atoms with E-state index in [9.17, 15) is 12.8 Å². The smallest absolute Gasteiger partial charge is 0.243 e. The first-order valence-electron chi connectivity index (χ1n) is 7.50. The lowest BCUT2D eigenvalue weighted by molar-refractivity contribution is 0.217. The lowest BCUT2D eigenvalue weighted by Crippen LogP contribution is -2.48. The van der Waals surface area contributed by atoms with Gasteiger partial charge in [-0.25, -0.2) is 17.8 Å². The Labute approximate surface area is 152 Å². The van der Waals surface area contributed by atoms with E-state index >= 15 is 0 Å². The monoisotopic (exact) mass is 395 g/mol. The quantitative estimate of drug-likeness (QED) is 0.666. The van der Waals surface area contributed by atoms with Gasteiger partial charge in [0.05, 0.1) is 22.0 Å². The lowest BCUT2D eigenvalue weighted by Gasteiger charge is -2.35. The van der Waals surface area contributed by atoms with E-state index in [1.165, 1.54) is 29.0 Å². The van der Waals surface area contributed by atoms with Crippen molar-refractivity contribution in [2.75, 3.05) is 13.1 Å². The summed E-state index contributed by atoms with van der Waals surface area (Å²) in [5, 5.41) is 3.60. The molecule has 0 atom stereocenters. The summed E-state index contributed by atoms with van der Waals surface area (Å²) in [4.78, 5) is 12.2. The number of nitrogens with zero attached hydrogens (tertiary/aromatic N) is 5. The molecule has 1 saturated heterocycles. The average molecular weight is 396 g/mol. The van der Waals surface area contributed by atoms with Gasteiger partial charge in [0.15, 0.2) is 0 Å². The summed E-state index contributed by atoms with van der Waals surface area (Å²) in [5.41, 5.74) is 0.465. The molecule has 0 N–H and O–H groups in total. The van der Waals surface area contributed by atoms with Crippen molar-refractivity contribution in [3.05, 3.63) is 53.5 Å². The summed E-state index contributed by atoms with van der Waals surface area (Å²) < 4.78 is 44.8. The zero-order valence-corrected chi connectivity index (χ0v) is 14.7. The summed E-state index contributed by atoms with van der Waals surface area (Å²) in [6.07, 6.45) is 4.54. The number of benzene rings is 1. The van der Waals surface area contributed by atoms with Crippen LogP contribution in [0, 0.1) is 5.82 Å². The van der Waals surface area contributed by atoms with E-state index in [1.807, 2.05) is 0 Å². The van der Waals surface area contributed by atoms with E-state index < -0.39 is 15.8 Å². The van der Waals surface area contributed by atoms with E-state index in [1.54, 1.807) is 0 Å². The van der Waals surface area contributed by atoms with Gasteiger partial charge in [0.2, 0.25) is 21.7 Å². The van der Waals surface area contributed by atoms with Crippen molar-refractivity contribution in [1.82, 2.24) is 24.4 Å². The standard InChI is InChI=1S/C15H11ClFN5O3S/c16-11-5-10(1-2-12(11)17)26(23,24)22-7-9(8-22)15-20-14(21-25-15)13-6-18-3-4-19-13/h1-6,9H,7-8H2. The van der Waals surface area contributed by atoms with Crippen LogP contribution in [0.3, 0.4) is 0 Å². The van der Waals surface area contributed by atoms with Gasteiger partial charge in [-0.05, 0) is 18.2 Å². The molecular formula is C15H11ClFN5O3S. The Morgan fingerprint density at radius 3 is 2.77 bits per heavy atom. The second-order valence-corrected chi connectivity index (χ2v) is 7.99. The maximum atomic E-state index is 13.2. The van der Waals surface area contributed by atoms with Crippen LogP contribution in [0.2, 0.25) is 5.02 Å². The van der Waals surface area contributed by atoms with Crippen LogP contribution in [0.15, 0.2) is 46.2 Å². The molecule has 8 nitrogen and oxygen atoms in total. The second-order valence-electron chi connectivity index (χ2n) is 5.64. The summed E-state index contributed by atoms with van der Waals surface area (Å²) in [5.74, 6) is -0.276. The van der Waals surface area contributed by atoms with Crippen molar-refractivity contribution in [2.24, 2.45) is 0 Å². The summed E-state index contributed by atoms with van der Waals surface area (Å²) in [6, 6.07) is 3.30. The van der Waals surface area contributed by atoms with Gasteiger partial charge < -0.3 is 4.52 Å².